The fourth-order valence-electron chi connectivity index (χ4n) is 3.79. The highest BCUT2D eigenvalue weighted by atomic mass is 32.2. The molecule has 0 unspecified atom stereocenters. The molecule has 0 saturated heterocycles. The predicted octanol–water partition coefficient (Wildman–Crippen LogP) is 3.53. The Balaban J connectivity index is 2.39. The maximum Gasteiger partial charge on any atom is 0.244 e. The zero-order valence-corrected chi connectivity index (χ0v) is 21.9. The number of hydrogen-bond donors (Lipinski definition) is 1. The number of anilines is 1. The van der Waals surface area contributed by atoms with Crippen molar-refractivity contribution in [2.75, 3.05) is 23.7 Å². The average Bonchev–Trinajstić information content (AvgIpc) is 2.74. The number of sulfonamides is 1. The summed E-state index contributed by atoms with van der Waals surface area (Å²) in [6.45, 7) is 9.23. The van der Waals surface area contributed by atoms with Crippen LogP contribution in [0.5, 0.6) is 0 Å². The van der Waals surface area contributed by atoms with Gasteiger partial charge in [-0.3, -0.25) is 13.9 Å². The number of nitrogens with zero attached hydrogens (tertiary/aromatic N) is 2. The third-order valence-corrected chi connectivity index (χ3v) is 6.56. The van der Waals surface area contributed by atoms with Crippen LogP contribution in [0.25, 0.3) is 0 Å². The molecule has 2 amide bonds. The van der Waals surface area contributed by atoms with Gasteiger partial charge < -0.3 is 10.2 Å². The van der Waals surface area contributed by atoms with Crippen LogP contribution in [0, 0.1) is 6.92 Å². The van der Waals surface area contributed by atoms with Crippen LogP contribution >= 0.6 is 0 Å². The SMILES string of the molecule is CC[C@@H](C(=O)NC(C)(C)C)N(CCc1ccccc1)C(=O)CN(c1ccccc1C)S(C)(=O)=O. The first-order valence-corrected chi connectivity index (χ1v) is 13.4. The number of amides is 2. The van der Waals surface area contributed by atoms with Gasteiger partial charge in [0.2, 0.25) is 21.8 Å². The second-order valence-corrected chi connectivity index (χ2v) is 11.4. The Morgan fingerprint density at radius 3 is 2.12 bits per heavy atom. The van der Waals surface area contributed by atoms with E-state index in [1.54, 1.807) is 25.1 Å². The van der Waals surface area contributed by atoms with Crippen LogP contribution in [0.4, 0.5) is 5.69 Å². The average molecular weight is 488 g/mol. The number of hydrogen-bond acceptors (Lipinski definition) is 4. The highest BCUT2D eigenvalue weighted by Gasteiger charge is 2.33. The van der Waals surface area contributed by atoms with Crippen LogP contribution in [0.3, 0.4) is 0 Å². The molecule has 0 aromatic heterocycles. The Morgan fingerprint density at radius 2 is 1.59 bits per heavy atom. The van der Waals surface area contributed by atoms with Crippen molar-refractivity contribution in [2.45, 2.75) is 59.0 Å². The largest absolute Gasteiger partial charge is 0.350 e. The molecule has 0 radical (unpaired) electrons. The van der Waals surface area contributed by atoms with Crippen LogP contribution in [-0.4, -0.2) is 56.1 Å². The summed E-state index contributed by atoms with van der Waals surface area (Å²) < 4.78 is 26.4. The van der Waals surface area contributed by atoms with Gasteiger partial charge in [-0.25, -0.2) is 8.42 Å². The van der Waals surface area contributed by atoms with E-state index in [9.17, 15) is 18.0 Å². The number of carbonyl (C=O) groups excluding carboxylic acids is 2. The molecular formula is C26H37N3O4S. The Kier molecular flexibility index (Phi) is 9.27. The predicted molar refractivity (Wildman–Crippen MR) is 137 cm³/mol. The summed E-state index contributed by atoms with van der Waals surface area (Å²) in [6.07, 6.45) is 2.05. The van der Waals surface area contributed by atoms with E-state index < -0.39 is 27.5 Å². The molecule has 2 aromatic carbocycles. The maximum absolute atomic E-state index is 13.6. The zero-order valence-electron chi connectivity index (χ0n) is 21.0. The molecule has 0 heterocycles. The van der Waals surface area contributed by atoms with Crippen LogP contribution < -0.4 is 9.62 Å². The van der Waals surface area contributed by atoms with Crippen molar-refractivity contribution in [3.05, 3.63) is 65.7 Å². The molecule has 0 aliphatic rings. The molecule has 1 atom stereocenters. The molecular weight excluding hydrogens is 450 g/mol. The first kappa shape index (κ1) is 27.4. The number of para-hydroxylation sites is 1. The summed E-state index contributed by atoms with van der Waals surface area (Å²) in [7, 11) is -3.73. The lowest BCUT2D eigenvalue weighted by Gasteiger charge is -2.34. The van der Waals surface area contributed by atoms with Crippen LogP contribution in [-0.2, 0) is 26.0 Å². The Labute approximate surface area is 204 Å². The molecule has 186 valence electrons. The molecule has 0 aliphatic carbocycles. The topological polar surface area (TPSA) is 86.8 Å². The molecule has 0 saturated carbocycles. The summed E-state index contributed by atoms with van der Waals surface area (Å²) in [5.41, 5.74) is 1.77. The van der Waals surface area contributed by atoms with Gasteiger partial charge in [0.25, 0.3) is 0 Å². The molecule has 7 nitrogen and oxygen atoms in total. The molecule has 2 rings (SSSR count). The molecule has 0 spiro atoms. The minimum Gasteiger partial charge on any atom is -0.350 e. The van der Waals surface area contributed by atoms with Gasteiger partial charge in [0.15, 0.2) is 0 Å². The van der Waals surface area contributed by atoms with E-state index in [1.165, 1.54) is 4.90 Å². The van der Waals surface area contributed by atoms with Crippen molar-refractivity contribution < 1.29 is 18.0 Å². The van der Waals surface area contributed by atoms with Crippen LogP contribution in [0.1, 0.15) is 45.2 Å². The standard InChI is InChI=1S/C26H37N3O4S/c1-7-22(25(31)27-26(3,4)5)28(18-17-21-14-9-8-10-15-21)24(30)19-29(34(6,32)33)23-16-12-11-13-20(23)2/h8-16,22H,7,17-19H2,1-6H3,(H,27,31)/t22-/m0/s1. The number of aryl methyl sites for hydroxylation is 1. The third kappa shape index (κ3) is 7.87. The Hall–Kier alpha value is -2.87. The minimum absolute atomic E-state index is 0.252. The van der Waals surface area contributed by atoms with Gasteiger partial charge in [0, 0.05) is 12.1 Å². The van der Waals surface area contributed by atoms with E-state index in [0.717, 1.165) is 21.7 Å². The molecule has 1 N–H and O–H groups in total. The van der Waals surface area contributed by atoms with Gasteiger partial charge >= 0.3 is 0 Å². The van der Waals surface area contributed by atoms with Gasteiger partial charge in [-0.05, 0) is 57.7 Å². The van der Waals surface area contributed by atoms with Gasteiger partial charge in [0.1, 0.15) is 12.6 Å². The first-order valence-electron chi connectivity index (χ1n) is 11.5. The van der Waals surface area contributed by atoms with Crippen molar-refractivity contribution in [1.82, 2.24) is 10.2 Å². The van der Waals surface area contributed by atoms with Gasteiger partial charge in [-0.1, -0.05) is 55.5 Å². The quantitative estimate of drug-likeness (QED) is 0.556. The normalized spacial score (nSPS) is 12.6. The van der Waals surface area contributed by atoms with E-state index in [2.05, 4.69) is 5.32 Å². The maximum atomic E-state index is 13.6. The van der Waals surface area contributed by atoms with Crippen molar-refractivity contribution >= 4 is 27.5 Å². The van der Waals surface area contributed by atoms with E-state index in [4.69, 9.17) is 0 Å². The highest BCUT2D eigenvalue weighted by molar-refractivity contribution is 7.92. The van der Waals surface area contributed by atoms with Gasteiger partial charge in [-0.2, -0.15) is 0 Å². The summed E-state index contributed by atoms with van der Waals surface area (Å²) in [5, 5.41) is 2.96. The Morgan fingerprint density at radius 1 is 1.00 bits per heavy atom. The van der Waals surface area contributed by atoms with E-state index in [1.807, 2.05) is 64.1 Å². The van der Waals surface area contributed by atoms with Crippen molar-refractivity contribution in [3.63, 3.8) is 0 Å². The molecule has 0 fully saturated rings. The van der Waals surface area contributed by atoms with E-state index in [-0.39, 0.29) is 12.5 Å². The summed E-state index contributed by atoms with van der Waals surface area (Å²) in [6, 6.07) is 16.0. The van der Waals surface area contributed by atoms with E-state index >= 15 is 0 Å². The van der Waals surface area contributed by atoms with Crippen molar-refractivity contribution in [3.8, 4) is 0 Å². The van der Waals surface area contributed by atoms with Crippen molar-refractivity contribution in [1.29, 1.82) is 0 Å². The lowest BCUT2D eigenvalue weighted by molar-refractivity contribution is -0.140. The van der Waals surface area contributed by atoms with Crippen LogP contribution in [0.15, 0.2) is 54.6 Å². The lowest BCUT2D eigenvalue weighted by atomic mass is 10.1. The van der Waals surface area contributed by atoms with Crippen LogP contribution in [0.2, 0.25) is 0 Å². The lowest BCUT2D eigenvalue weighted by Crippen LogP contribution is -2.56. The van der Waals surface area contributed by atoms with E-state index in [0.29, 0.717) is 25.1 Å². The summed E-state index contributed by atoms with van der Waals surface area (Å²) in [4.78, 5) is 28.3. The molecule has 0 aliphatic heterocycles. The fraction of sp³-hybridized carbons (Fsp3) is 0.462. The number of nitrogens with one attached hydrogen (secondary N) is 1. The van der Waals surface area contributed by atoms with Gasteiger partial charge in [-0.15, -0.1) is 0 Å². The van der Waals surface area contributed by atoms with Gasteiger partial charge in [0.05, 0.1) is 11.9 Å². The molecule has 34 heavy (non-hydrogen) atoms. The second kappa shape index (κ2) is 11.5. The fourth-order valence-corrected chi connectivity index (χ4v) is 4.69. The number of carbonyl (C=O) groups is 2. The number of benzene rings is 2. The highest BCUT2D eigenvalue weighted by Crippen LogP contribution is 2.23. The summed E-state index contributed by atoms with van der Waals surface area (Å²) in [5.74, 6) is -0.668. The van der Waals surface area contributed by atoms with Crippen molar-refractivity contribution in [2.24, 2.45) is 0 Å². The number of rotatable bonds is 10. The third-order valence-electron chi connectivity index (χ3n) is 5.43. The molecule has 8 heteroatoms. The molecule has 2 aromatic rings. The monoisotopic (exact) mass is 487 g/mol. The smallest absolute Gasteiger partial charge is 0.244 e. The minimum atomic E-state index is -3.73. The zero-order chi connectivity index (χ0) is 25.5. The Bertz CT molecular complexity index is 1080. The summed E-state index contributed by atoms with van der Waals surface area (Å²) >= 11 is 0. The second-order valence-electron chi connectivity index (χ2n) is 9.54. The molecule has 0 bridgehead atoms. The first-order chi connectivity index (χ1) is 15.8.